The van der Waals surface area contributed by atoms with Gasteiger partial charge in [0, 0.05) is 9.50 Å². The maximum Gasteiger partial charge on any atom is 0.224 e. The second-order valence-corrected chi connectivity index (χ2v) is 6.00. The Morgan fingerprint density at radius 2 is 1.95 bits per heavy atom. The molecule has 0 bridgehead atoms. The Morgan fingerprint density at radius 1 is 1.25 bits per heavy atom. The number of rotatable bonds is 4. The van der Waals surface area contributed by atoms with Crippen LogP contribution in [0.3, 0.4) is 0 Å². The average Bonchev–Trinajstić information content (AvgIpc) is 2.41. The van der Waals surface area contributed by atoms with E-state index in [4.69, 9.17) is 11.6 Å². The molecule has 0 fully saturated rings. The molecule has 1 atom stereocenters. The van der Waals surface area contributed by atoms with E-state index in [1.54, 1.807) is 0 Å². The predicted molar refractivity (Wildman–Crippen MR) is 85.9 cm³/mol. The largest absolute Gasteiger partial charge is 0.349 e. The number of hydrogen-bond donors (Lipinski definition) is 1. The zero-order chi connectivity index (χ0) is 14.5. The highest BCUT2D eigenvalue weighted by Gasteiger charge is 2.10. The van der Waals surface area contributed by atoms with E-state index in [9.17, 15) is 4.79 Å². The molecule has 0 aliphatic heterocycles. The molecule has 0 saturated carbocycles. The zero-order valence-electron chi connectivity index (χ0n) is 11.1. The summed E-state index contributed by atoms with van der Waals surface area (Å²) in [5, 5.41) is 3.65. The monoisotopic (exact) mass is 351 g/mol. The molecule has 2 aromatic rings. The Labute approximate surface area is 132 Å². The number of carbonyl (C=O) groups is 1. The van der Waals surface area contributed by atoms with Crippen molar-refractivity contribution in [2.24, 2.45) is 0 Å². The molecule has 0 heterocycles. The fourth-order valence-corrected chi connectivity index (χ4v) is 2.40. The van der Waals surface area contributed by atoms with Crippen molar-refractivity contribution in [1.29, 1.82) is 0 Å². The van der Waals surface area contributed by atoms with Gasteiger partial charge in [-0.3, -0.25) is 4.79 Å². The van der Waals surface area contributed by atoms with Crippen LogP contribution in [0.1, 0.15) is 24.1 Å². The van der Waals surface area contributed by atoms with Crippen LogP contribution >= 0.6 is 27.5 Å². The van der Waals surface area contributed by atoms with Crippen molar-refractivity contribution in [1.82, 2.24) is 5.32 Å². The molecule has 0 aliphatic carbocycles. The van der Waals surface area contributed by atoms with Gasteiger partial charge in [0.2, 0.25) is 5.91 Å². The van der Waals surface area contributed by atoms with Gasteiger partial charge >= 0.3 is 0 Å². The van der Waals surface area contributed by atoms with Crippen molar-refractivity contribution in [2.45, 2.75) is 19.4 Å². The van der Waals surface area contributed by atoms with Gasteiger partial charge < -0.3 is 5.32 Å². The summed E-state index contributed by atoms with van der Waals surface area (Å²) in [5.41, 5.74) is 1.99. The number of nitrogens with one attached hydrogen (secondary N) is 1. The Morgan fingerprint density at radius 3 is 2.60 bits per heavy atom. The normalized spacial score (nSPS) is 11.9. The highest BCUT2D eigenvalue weighted by molar-refractivity contribution is 9.10. The van der Waals surface area contributed by atoms with Gasteiger partial charge in [0.1, 0.15) is 0 Å². The Hall–Kier alpha value is -1.32. The summed E-state index contributed by atoms with van der Waals surface area (Å²) in [6, 6.07) is 15.2. The summed E-state index contributed by atoms with van der Waals surface area (Å²) in [5.74, 6) is -0.000187. The molecular formula is C16H15BrClNO. The minimum Gasteiger partial charge on any atom is -0.349 e. The van der Waals surface area contributed by atoms with Crippen molar-refractivity contribution >= 4 is 33.4 Å². The minimum atomic E-state index is -0.0587. The lowest BCUT2D eigenvalue weighted by Gasteiger charge is -2.14. The van der Waals surface area contributed by atoms with Crippen LogP contribution in [0.15, 0.2) is 53.0 Å². The number of hydrogen-bond acceptors (Lipinski definition) is 1. The highest BCUT2D eigenvalue weighted by Crippen LogP contribution is 2.17. The predicted octanol–water partition coefficient (Wildman–Crippen LogP) is 4.52. The Balaban J connectivity index is 1.95. The molecule has 1 N–H and O–H groups in total. The van der Waals surface area contributed by atoms with Crippen LogP contribution in [-0.4, -0.2) is 5.91 Å². The second kappa shape index (κ2) is 6.91. The first kappa shape index (κ1) is 15.1. The van der Waals surface area contributed by atoms with Gasteiger partial charge in [0.05, 0.1) is 12.5 Å². The molecule has 2 rings (SSSR count). The molecule has 104 valence electrons. The molecule has 2 aromatic carbocycles. The SMILES string of the molecule is C[C@@H](NC(=O)Cc1ccc(Br)cc1)c1cccc(Cl)c1. The molecular weight excluding hydrogens is 338 g/mol. The Bertz CT molecular complexity index is 598. The summed E-state index contributed by atoms with van der Waals surface area (Å²) in [4.78, 5) is 12.0. The summed E-state index contributed by atoms with van der Waals surface area (Å²) in [6.07, 6.45) is 0.373. The number of benzene rings is 2. The smallest absolute Gasteiger partial charge is 0.224 e. The van der Waals surface area contributed by atoms with E-state index in [0.717, 1.165) is 15.6 Å². The standard InChI is InChI=1S/C16H15BrClNO/c1-11(13-3-2-4-15(18)10-13)19-16(20)9-12-5-7-14(17)8-6-12/h2-8,10-11H,9H2,1H3,(H,19,20)/t11-/m1/s1. The van der Waals surface area contributed by atoms with Crippen LogP contribution in [0.4, 0.5) is 0 Å². The molecule has 0 aromatic heterocycles. The molecule has 0 spiro atoms. The first-order chi connectivity index (χ1) is 9.54. The van der Waals surface area contributed by atoms with Gasteiger partial charge in [-0.25, -0.2) is 0 Å². The lowest BCUT2D eigenvalue weighted by Crippen LogP contribution is -2.28. The maximum absolute atomic E-state index is 12.0. The van der Waals surface area contributed by atoms with Crippen molar-refractivity contribution in [3.8, 4) is 0 Å². The second-order valence-electron chi connectivity index (χ2n) is 4.65. The van der Waals surface area contributed by atoms with E-state index in [2.05, 4.69) is 21.2 Å². The van der Waals surface area contributed by atoms with Crippen LogP contribution in [0, 0.1) is 0 Å². The van der Waals surface area contributed by atoms with Crippen LogP contribution < -0.4 is 5.32 Å². The first-order valence-corrected chi connectivity index (χ1v) is 7.51. The van der Waals surface area contributed by atoms with Crippen LogP contribution in [0.2, 0.25) is 5.02 Å². The van der Waals surface area contributed by atoms with E-state index in [1.165, 1.54) is 0 Å². The molecule has 1 amide bonds. The molecule has 0 aliphatic rings. The molecule has 4 heteroatoms. The molecule has 0 saturated heterocycles. The zero-order valence-corrected chi connectivity index (χ0v) is 13.4. The van der Waals surface area contributed by atoms with E-state index < -0.39 is 0 Å². The number of halogens is 2. The summed E-state index contributed by atoms with van der Waals surface area (Å²) >= 11 is 9.33. The van der Waals surface area contributed by atoms with Crippen molar-refractivity contribution in [2.75, 3.05) is 0 Å². The van der Waals surface area contributed by atoms with Crippen LogP contribution in [0.5, 0.6) is 0 Å². The highest BCUT2D eigenvalue weighted by atomic mass is 79.9. The lowest BCUT2D eigenvalue weighted by atomic mass is 10.1. The molecule has 0 radical (unpaired) electrons. The number of carbonyl (C=O) groups excluding carboxylic acids is 1. The van der Waals surface area contributed by atoms with Crippen LogP contribution in [-0.2, 0) is 11.2 Å². The topological polar surface area (TPSA) is 29.1 Å². The fraction of sp³-hybridized carbons (Fsp3) is 0.188. The summed E-state index contributed by atoms with van der Waals surface area (Å²) in [7, 11) is 0. The van der Waals surface area contributed by atoms with E-state index >= 15 is 0 Å². The lowest BCUT2D eigenvalue weighted by molar-refractivity contribution is -0.121. The molecule has 20 heavy (non-hydrogen) atoms. The summed E-state index contributed by atoms with van der Waals surface area (Å²) < 4.78 is 1.01. The average molecular weight is 353 g/mol. The van der Waals surface area contributed by atoms with Gasteiger partial charge in [-0.05, 0) is 42.3 Å². The van der Waals surface area contributed by atoms with Gasteiger partial charge in [-0.2, -0.15) is 0 Å². The maximum atomic E-state index is 12.0. The number of amides is 1. The summed E-state index contributed by atoms with van der Waals surface area (Å²) in [6.45, 7) is 1.95. The third kappa shape index (κ3) is 4.36. The third-order valence-electron chi connectivity index (χ3n) is 3.00. The van der Waals surface area contributed by atoms with Crippen LogP contribution in [0.25, 0.3) is 0 Å². The third-order valence-corrected chi connectivity index (χ3v) is 3.77. The van der Waals surface area contributed by atoms with Crippen molar-refractivity contribution in [3.05, 3.63) is 69.2 Å². The Kier molecular flexibility index (Phi) is 5.21. The fourth-order valence-electron chi connectivity index (χ4n) is 1.94. The van der Waals surface area contributed by atoms with Gasteiger partial charge in [-0.15, -0.1) is 0 Å². The first-order valence-electron chi connectivity index (χ1n) is 6.34. The van der Waals surface area contributed by atoms with Gasteiger partial charge in [0.25, 0.3) is 0 Å². The van der Waals surface area contributed by atoms with Crippen molar-refractivity contribution in [3.63, 3.8) is 0 Å². The minimum absolute atomic E-state index is 0.000187. The quantitative estimate of drug-likeness (QED) is 0.861. The van der Waals surface area contributed by atoms with E-state index in [1.807, 2.05) is 55.5 Å². The molecule has 2 nitrogen and oxygen atoms in total. The van der Waals surface area contributed by atoms with Gasteiger partial charge in [-0.1, -0.05) is 51.8 Å². The van der Waals surface area contributed by atoms with Crippen molar-refractivity contribution < 1.29 is 4.79 Å². The van der Waals surface area contributed by atoms with E-state index in [-0.39, 0.29) is 11.9 Å². The van der Waals surface area contributed by atoms with E-state index in [0.29, 0.717) is 11.4 Å². The van der Waals surface area contributed by atoms with Gasteiger partial charge in [0.15, 0.2) is 0 Å². The molecule has 0 unspecified atom stereocenters.